The molecule has 0 saturated heterocycles. The van der Waals surface area contributed by atoms with Crippen LogP contribution >= 0.6 is 0 Å². The van der Waals surface area contributed by atoms with Crippen LogP contribution in [0, 0.1) is 0 Å². The minimum Gasteiger partial charge on any atom is -0.349 e. The first kappa shape index (κ1) is 14.8. The lowest BCUT2D eigenvalue weighted by Crippen LogP contribution is -2.29. The molecule has 2 N–H and O–H groups in total. The van der Waals surface area contributed by atoms with Crippen molar-refractivity contribution < 1.29 is 9.59 Å². The van der Waals surface area contributed by atoms with Gasteiger partial charge in [0.1, 0.15) is 0 Å². The van der Waals surface area contributed by atoms with Crippen molar-refractivity contribution in [1.82, 2.24) is 15.1 Å². The van der Waals surface area contributed by atoms with E-state index in [1.165, 1.54) is 6.92 Å². The summed E-state index contributed by atoms with van der Waals surface area (Å²) in [5.41, 5.74) is 1.53. The fourth-order valence-corrected chi connectivity index (χ4v) is 2.07. The number of aromatic nitrogens is 2. The van der Waals surface area contributed by atoms with Gasteiger partial charge in [0.25, 0.3) is 0 Å². The Morgan fingerprint density at radius 3 is 2.57 bits per heavy atom. The van der Waals surface area contributed by atoms with Crippen LogP contribution < -0.4 is 10.6 Å². The molecule has 2 aromatic rings. The average Bonchev–Trinajstić information content (AvgIpc) is 2.83. The smallest absolute Gasteiger partial charge is 0.226 e. The predicted octanol–water partition coefficient (Wildman–Crippen LogP) is 1.63. The fraction of sp³-hybridized carbons (Fsp3) is 0.267. The zero-order valence-electron chi connectivity index (χ0n) is 12.0. The van der Waals surface area contributed by atoms with Gasteiger partial charge in [-0.15, -0.1) is 0 Å². The van der Waals surface area contributed by atoms with Gasteiger partial charge in [-0.3, -0.25) is 14.3 Å². The van der Waals surface area contributed by atoms with Crippen molar-refractivity contribution in [2.45, 2.75) is 19.4 Å². The monoisotopic (exact) mass is 286 g/mol. The van der Waals surface area contributed by atoms with Crippen LogP contribution in [0.1, 0.15) is 24.9 Å². The summed E-state index contributed by atoms with van der Waals surface area (Å²) in [4.78, 5) is 23.4. The van der Waals surface area contributed by atoms with Gasteiger partial charge < -0.3 is 10.6 Å². The number of nitrogens with one attached hydrogen (secondary N) is 2. The lowest BCUT2D eigenvalue weighted by atomic mass is 10.0. The van der Waals surface area contributed by atoms with E-state index in [2.05, 4.69) is 15.7 Å². The lowest BCUT2D eigenvalue weighted by molar-refractivity contribution is -0.120. The van der Waals surface area contributed by atoms with Gasteiger partial charge >= 0.3 is 0 Å². The van der Waals surface area contributed by atoms with E-state index in [1.807, 2.05) is 30.3 Å². The van der Waals surface area contributed by atoms with E-state index in [9.17, 15) is 9.59 Å². The summed E-state index contributed by atoms with van der Waals surface area (Å²) in [6, 6.07) is 9.08. The number of anilines is 1. The summed E-state index contributed by atoms with van der Waals surface area (Å²) in [5.74, 6) is -0.344. The molecule has 1 heterocycles. The highest BCUT2D eigenvalue weighted by Gasteiger charge is 2.17. The molecule has 110 valence electrons. The predicted molar refractivity (Wildman–Crippen MR) is 79.5 cm³/mol. The highest BCUT2D eigenvalue weighted by atomic mass is 16.2. The van der Waals surface area contributed by atoms with Crippen LogP contribution in [0.5, 0.6) is 0 Å². The zero-order chi connectivity index (χ0) is 15.2. The Kier molecular flexibility index (Phi) is 4.71. The molecule has 2 rings (SSSR count). The molecule has 0 spiro atoms. The maximum atomic E-state index is 12.1. The van der Waals surface area contributed by atoms with Crippen LogP contribution in [-0.4, -0.2) is 21.6 Å². The highest BCUT2D eigenvalue weighted by molar-refractivity contribution is 5.91. The largest absolute Gasteiger partial charge is 0.349 e. The average molecular weight is 286 g/mol. The summed E-state index contributed by atoms with van der Waals surface area (Å²) in [5, 5.41) is 9.55. The Bertz CT molecular complexity index is 622. The second-order valence-corrected chi connectivity index (χ2v) is 4.82. The van der Waals surface area contributed by atoms with Gasteiger partial charge in [-0.1, -0.05) is 30.3 Å². The molecule has 0 fully saturated rings. The first-order valence-corrected chi connectivity index (χ1v) is 6.65. The molecule has 1 aromatic heterocycles. The standard InChI is InChI=1S/C15H18N4O2/c1-11(20)17-14(12-6-4-3-5-7-12)8-15(21)18-13-9-16-19(2)10-13/h3-7,9-10,14H,8H2,1-2H3,(H,17,20)(H,18,21)/t14-/m0/s1. The Balaban J connectivity index is 2.04. The van der Waals surface area contributed by atoms with Gasteiger partial charge in [-0.25, -0.2) is 0 Å². The van der Waals surface area contributed by atoms with Gasteiger partial charge in [0, 0.05) is 20.2 Å². The van der Waals surface area contributed by atoms with Crippen LogP contribution in [0.25, 0.3) is 0 Å². The van der Waals surface area contributed by atoms with Crippen LogP contribution in [0.4, 0.5) is 5.69 Å². The summed E-state index contributed by atoms with van der Waals surface area (Å²) in [6.45, 7) is 1.44. The summed E-state index contributed by atoms with van der Waals surface area (Å²) in [6.07, 6.45) is 3.46. The zero-order valence-corrected chi connectivity index (χ0v) is 12.0. The van der Waals surface area contributed by atoms with Crippen molar-refractivity contribution in [1.29, 1.82) is 0 Å². The second kappa shape index (κ2) is 6.69. The van der Waals surface area contributed by atoms with Crippen molar-refractivity contribution in [3.8, 4) is 0 Å². The first-order chi connectivity index (χ1) is 10.0. The van der Waals surface area contributed by atoms with Gasteiger partial charge in [0.2, 0.25) is 11.8 Å². The van der Waals surface area contributed by atoms with Gasteiger partial charge in [-0.05, 0) is 5.56 Å². The topological polar surface area (TPSA) is 76.0 Å². The number of hydrogen-bond donors (Lipinski definition) is 2. The normalized spacial score (nSPS) is 11.7. The third kappa shape index (κ3) is 4.45. The van der Waals surface area contributed by atoms with E-state index in [0.29, 0.717) is 5.69 Å². The quantitative estimate of drug-likeness (QED) is 0.877. The SMILES string of the molecule is CC(=O)N[C@@H](CC(=O)Nc1cnn(C)c1)c1ccccc1. The number of rotatable bonds is 5. The third-order valence-electron chi connectivity index (χ3n) is 2.96. The van der Waals surface area contributed by atoms with Crippen LogP contribution in [0.15, 0.2) is 42.7 Å². The molecular weight excluding hydrogens is 268 g/mol. The molecule has 0 unspecified atom stereocenters. The molecule has 21 heavy (non-hydrogen) atoms. The fourth-order valence-electron chi connectivity index (χ4n) is 2.07. The summed E-state index contributed by atoms with van der Waals surface area (Å²) < 4.78 is 1.61. The van der Waals surface area contributed by atoms with E-state index in [0.717, 1.165) is 5.56 Å². The number of carbonyl (C=O) groups is 2. The molecule has 6 nitrogen and oxygen atoms in total. The van der Waals surface area contributed by atoms with E-state index in [4.69, 9.17) is 0 Å². The molecule has 0 aliphatic rings. The van der Waals surface area contributed by atoms with E-state index in [-0.39, 0.29) is 24.3 Å². The Morgan fingerprint density at radius 2 is 2.00 bits per heavy atom. The van der Waals surface area contributed by atoms with E-state index in [1.54, 1.807) is 24.1 Å². The molecule has 1 aromatic carbocycles. The Morgan fingerprint density at radius 1 is 1.29 bits per heavy atom. The third-order valence-corrected chi connectivity index (χ3v) is 2.96. The van der Waals surface area contributed by atoms with Crippen LogP contribution in [0.2, 0.25) is 0 Å². The second-order valence-electron chi connectivity index (χ2n) is 4.82. The van der Waals surface area contributed by atoms with Crippen molar-refractivity contribution >= 4 is 17.5 Å². The van der Waals surface area contributed by atoms with E-state index < -0.39 is 0 Å². The molecule has 0 radical (unpaired) electrons. The molecule has 1 atom stereocenters. The number of aryl methyl sites for hydroxylation is 1. The molecular formula is C15H18N4O2. The number of benzene rings is 1. The maximum absolute atomic E-state index is 12.1. The summed E-state index contributed by atoms with van der Waals surface area (Å²) in [7, 11) is 1.78. The molecule has 0 bridgehead atoms. The van der Waals surface area contributed by atoms with Crippen molar-refractivity contribution in [3.05, 3.63) is 48.3 Å². The van der Waals surface area contributed by atoms with Crippen molar-refractivity contribution in [3.63, 3.8) is 0 Å². The number of carbonyl (C=O) groups excluding carboxylic acids is 2. The van der Waals surface area contributed by atoms with Crippen LogP contribution in [0.3, 0.4) is 0 Å². The molecule has 2 amide bonds. The highest BCUT2D eigenvalue weighted by Crippen LogP contribution is 2.17. The first-order valence-electron chi connectivity index (χ1n) is 6.65. The van der Waals surface area contributed by atoms with Gasteiger partial charge in [0.15, 0.2) is 0 Å². The maximum Gasteiger partial charge on any atom is 0.226 e. The van der Waals surface area contributed by atoms with E-state index >= 15 is 0 Å². The summed E-state index contributed by atoms with van der Waals surface area (Å²) >= 11 is 0. The lowest BCUT2D eigenvalue weighted by Gasteiger charge is -2.17. The van der Waals surface area contributed by atoms with Gasteiger partial charge in [0.05, 0.1) is 24.3 Å². The Hall–Kier alpha value is -2.63. The number of hydrogen-bond acceptors (Lipinski definition) is 3. The molecule has 0 aliphatic heterocycles. The van der Waals surface area contributed by atoms with Crippen molar-refractivity contribution in [2.75, 3.05) is 5.32 Å². The minimum atomic E-state index is -0.347. The minimum absolute atomic E-state index is 0.165. The number of amides is 2. The molecule has 6 heteroatoms. The van der Waals surface area contributed by atoms with Gasteiger partial charge in [-0.2, -0.15) is 5.10 Å². The van der Waals surface area contributed by atoms with Crippen molar-refractivity contribution in [2.24, 2.45) is 7.05 Å². The number of nitrogens with zero attached hydrogens (tertiary/aromatic N) is 2. The molecule has 0 aliphatic carbocycles. The molecule has 0 saturated carbocycles. The van der Waals surface area contributed by atoms with Crippen LogP contribution in [-0.2, 0) is 16.6 Å². The Labute approximate surface area is 123 Å².